The van der Waals surface area contributed by atoms with E-state index in [0.29, 0.717) is 11.1 Å². The molecule has 0 aliphatic heterocycles. The van der Waals surface area contributed by atoms with Crippen LogP contribution in [0.15, 0.2) is 96.1 Å². The van der Waals surface area contributed by atoms with Gasteiger partial charge in [0.25, 0.3) is 11.8 Å². The summed E-state index contributed by atoms with van der Waals surface area (Å²) in [6.45, 7) is -0.334. The van der Waals surface area contributed by atoms with E-state index in [0.717, 1.165) is 22.9 Å². The molecule has 4 aromatic carbocycles. The van der Waals surface area contributed by atoms with Crippen molar-refractivity contribution in [3.63, 3.8) is 0 Å². The second-order valence-electron chi connectivity index (χ2n) is 7.44. The number of benzene rings is 4. The third kappa shape index (κ3) is 5.94. The largest absolute Gasteiger partial charge is 0.422 e. The molecule has 0 aromatic heterocycles. The van der Waals surface area contributed by atoms with E-state index in [1.54, 1.807) is 36.4 Å². The van der Waals surface area contributed by atoms with Crippen LogP contribution in [0.4, 0.5) is 4.39 Å². The Morgan fingerprint density at radius 1 is 0.829 bits per heavy atom. The van der Waals surface area contributed by atoms with Crippen LogP contribution in [0.3, 0.4) is 0 Å². The number of halogens is 1. The molecule has 4 rings (SSSR count). The molecule has 0 spiro atoms. The average Bonchev–Trinajstić information content (AvgIpc) is 2.89. The van der Waals surface area contributed by atoms with Crippen molar-refractivity contribution in [2.45, 2.75) is 0 Å². The zero-order valence-corrected chi connectivity index (χ0v) is 18.4. The summed E-state index contributed by atoms with van der Waals surface area (Å²) in [5.41, 5.74) is 3.46. The van der Waals surface area contributed by atoms with E-state index in [1.165, 1.54) is 18.3 Å². The van der Waals surface area contributed by atoms with Crippen LogP contribution in [0, 0.1) is 5.82 Å². The zero-order valence-electron chi connectivity index (χ0n) is 18.4. The van der Waals surface area contributed by atoms with Crippen LogP contribution in [0.2, 0.25) is 0 Å². The summed E-state index contributed by atoms with van der Waals surface area (Å²) in [5.74, 6) is -1.80. The molecular weight excluding hydrogens is 449 g/mol. The van der Waals surface area contributed by atoms with Gasteiger partial charge in [0.2, 0.25) is 0 Å². The third-order valence-electron chi connectivity index (χ3n) is 5.04. The number of nitrogens with zero attached hydrogens (tertiary/aromatic N) is 1. The third-order valence-corrected chi connectivity index (χ3v) is 5.04. The molecule has 174 valence electrons. The molecule has 0 radical (unpaired) electrons. The van der Waals surface area contributed by atoms with Gasteiger partial charge in [0.05, 0.1) is 18.3 Å². The number of rotatable bonds is 7. The van der Waals surface area contributed by atoms with Crippen LogP contribution >= 0.6 is 0 Å². The van der Waals surface area contributed by atoms with Crippen molar-refractivity contribution in [3.05, 3.63) is 114 Å². The summed E-state index contributed by atoms with van der Waals surface area (Å²) in [5, 5.41) is 8.08. The fourth-order valence-electron chi connectivity index (χ4n) is 3.30. The van der Waals surface area contributed by atoms with E-state index < -0.39 is 23.6 Å². The summed E-state index contributed by atoms with van der Waals surface area (Å²) >= 11 is 0. The maximum Gasteiger partial charge on any atom is 0.343 e. The fraction of sp³-hybridized carbons (Fsp3) is 0.0370. The Balaban J connectivity index is 1.46. The van der Waals surface area contributed by atoms with Crippen LogP contribution in [-0.4, -0.2) is 30.5 Å². The lowest BCUT2D eigenvalue weighted by molar-refractivity contribution is -0.120. The molecule has 0 bridgehead atoms. The lowest BCUT2D eigenvalue weighted by Gasteiger charge is -2.10. The highest BCUT2D eigenvalue weighted by Gasteiger charge is 2.13. The van der Waals surface area contributed by atoms with Gasteiger partial charge >= 0.3 is 5.97 Å². The molecule has 0 saturated carbocycles. The van der Waals surface area contributed by atoms with Gasteiger partial charge in [-0.15, -0.1) is 0 Å². The minimum absolute atomic E-state index is 0.225. The second kappa shape index (κ2) is 10.8. The number of amides is 2. The van der Waals surface area contributed by atoms with Crippen molar-refractivity contribution in [2.75, 3.05) is 6.54 Å². The van der Waals surface area contributed by atoms with E-state index in [2.05, 4.69) is 15.8 Å². The van der Waals surface area contributed by atoms with Gasteiger partial charge in [-0.2, -0.15) is 5.10 Å². The Morgan fingerprint density at radius 2 is 1.54 bits per heavy atom. The normalized spacial score (nSPS) is 10.8. The highest BCUT2D eigenvalue weighted by Crippen LogP contribution is 2.27. The maximum atomic E-state index is 13.0. The smallest absolute Gasteiger partial charge is 0.343 e. The van der Waals surface area contributed by atoms with E-state index >= 15 is 0 Å². The van der Waals surface area contributed by atoms with E-state index in [4.69, 9.17) is 4.74 Å². The monoisotopic (exact) mass is 469 g/mol. The number of fused-ring (bicyclic) bond motifs is 1. The Kier molecular flexibility index (Phi) is 7.22. The second-order valence-corrected chi connectivity index (χ2v) is 7.44. The highest BCUT2D eigenvalue weighted by molar-refractivity contribution is 6.04. The SMILES string of the molecule is O=C(CNC(=O)c1ccc(F)cc1)NN=Cc1c(OC(=O)c2ccccc2)ccc2ccccc12. The van der Waals surface area contributed by atoms with Crippen LogP contribution in [0.5, 0.6) is 5.75 Å². The van der Waals surface area contributed by atoms with Crippen molar-refractivity contribution in [1.29, 1.82) is 0 Å². The predicted octanol–water partition coefficient (Wildman–Crippen LogP) is 4.08. The first-order valence-electron chi connectivity index (χ1n) is 10.7. The highest BCUT2D eigenvalue weighted by atomic mass is 19.1. The summed E-state index contributed by atoms with van der Waals surface area (Å²) in [6.07, 6.45) is 1.38. The molecule has 0 atom stereocenters. The summed E-state index contributed by atoms with van der Waals surface area (Å²) in [4.78, 5) is 36.8. The average molecular weight is 469 g/mol. The van der Waals surface area contributed by atoms with Crippen LogP contribution in [-0.2, 0) is 4.79 Å². The molecule has 4 aromatic rings. The van der Waals surface area contributed by atoms with Crippen LogP contribution < -0.4 is 15.5 Å². The van der Waals surface area contributed by atoms with E-state index in [9.17, 15) is 18.8 Å². The molecule has 0 saturated heterocycles. The van der Waals surface area contributed by atoms with Crippen LogP contribution in [0.1, 0.15) is 26.3 Å². The molecule has 35 heavy (non-hydrogen) atoms. The fourth-order valence-corrected chi connectivity index (χ4v) is 3.30. The number of ether oxygens (including phenoxy) is 1. The Labute approximate surface area is 200 Å². The van der Waals surface area contributed by atoms with Crippen LogP contribution in [0.25, 0.3) is 10.8 Å². The number of carbonyl (C=O) groups excluding carboxylic acids is 3. The quantitative estimate of drug-likeness (QED) is 0.185. The first-order chi connectivity index (χ1) is 17.0. The molecule has 2 amide bonds. The van der Waals surface area contributed by atoms with Crippen molar-refractivity contribution in [1.82, 2.24) is 10.7 Å². The standard InChI is InChI=1S/C27H20FN3O4/c28-21-13-10-19(11-14-21)26(33)29-17-25(32)31-30-16-23-22-9-5-4-6-18(22)12-15-24(23)35-27(34)20-7-2-1-3-8-20/h1-16H,17H2,(H,29,33)(H,31,32). The van der Waals surface area contributed by atoms with Gasteiger partial charge < -0.3 is 10.1 Å². The molecular formula is C27H20FN3O4. The molecule has 0 aliphatic carbocycles. The number of carbonyl (C=O) groups is 3. The Morgan fingerprint density at radius 3 is 2.31 bits per heavy atom. The molecule has 8 heteroatoms. The lowest BCUT2D eigenvalue weighted by Crippen LogP contribution is -2.34. The molecule has 7 nitrogen and oxygen atoms in total. The summed E-state index contributed by atoms with van der Waals surface area (Å²) in [6, 6.07) is 24.5. The molecule has 0 aliphatic rings. The summed E-state index contributed by atoms with van der Waals surface area (Å²) < 4.78 is 18.6. The Bertz CT molecular complexity index is 1400. The van der Waals surface area contributed by atoms with Crippen molar-refractivity contribution in [3.8, 4) is 5.75 Å². The molecule has 0 fully saturated rings. The predicted molar refractivity (Wildman–Crippen MR) is 130 cm³/mol. The number of nitrogens with one attached hydrogen (secondary N) is 2. The Hall–Kier alpha value is -4.85. The van der Waals surface area contributed by atoms with Gasteiger partial charge in [0.1, 0.15) is 11.6 Å². The van der Waals surface area contributed by atoms with E-state index in [-0.39, 0.29) is 17.9 Å². The minimum Gasteiger partial charge on any atom is -0.422 e. The number of hydrogen-bond acceptors (Lipinski definition) is 5. The van der Waals surface area contributed by atoms with Gasteiger partial charge in [0.15, 0.2) is 0 Å². The van der Waals surface area contributed by atoms with Gasteiger partial charge in [-0.25, -0.2) is 14.6 Å². The molecule has 0 unspecified atom stereocenters. The topological polar surface area (TPSA) is 96.9 Å². The van der Waals surface area contributed by atoms with Gasteiger partial charge in [-0.1, -0.05) is 48.5 Å². The first kappa shape index (κ1) is 23.3. The van der Waals surface area contributed by atoms with E-state index in [1.807, 2.05) is 30.3 Å². The van der Waals surface area contributed by atoms with Gasteiger partial charge in [-0.05, 0) is 53.2 Å². The van der Waals surface area contributed by atoms with Crippen molar-refractivity contribution >= 4 is 34.8 Å². The van der Waals surface area contributed by atoms with Gasteiger partial charge in [0, 0.05) is 11.1 Å². The van der Waals surface area contributed by atoms with Crippen molar-refractivity contribution in [2.24, 2.45) is 5.10 Å². The molecule has 0 heterocycles. The molecule has 2 N–H and O–H groups in total. The maximum absolute atomic E-state index is 13.0. The number of hydrazone groups is 1. The summed E-state index contributed by atoms with van der Waals surface area (Å²) in [7, 11) is 0. The van der Waals surface area contributed by atoms with Crippen molar-refractivity contribution < 1.29 is 23.5 Å². The first-order valence-corrected chi connectivity index (χ1v) is 10.7. The minimum atomic E-state index is -0.570. The van der Waals surface area contributed by atoms with Gasteiger partial charge in [-0.3, -0.25) is 9.59 Å². The zero-order chi connectivity index (χ0) is 24.6. The number of esters is 1. The lowest BCUT2D eigenvalue weighted by atomic mass is 10.0. The number of hydrogen-bond donors (Lipinski definition) is 2.